The van der Waals surface area contributed by atoms with E-state index < -0.39 is 0 Å². The van der Waals surface area contributed by atoms with Crippen LogP contribution in [0.2, 0.25) is 0 Å². The lowest BCUT2D eigenvalue weighted by Gasteiger charge is -2.32. The van der Waals surface area contributed by atoms with E-state index in [1.807, 2.05) is 18.2 Å². The highest BCUT2D eigenvalue weighted by Crippen LogP contribution is 2.28. The third-order valence-electron chi connectivity index (χ3n) is 3.75. The Balaban J connectivity index is 1.84. The fourth-order valence-electron chi connectivity index (χ4n) is 2.37. The Morgan fingerprint density at radius 1 is 1.10 bits per heavy atom. The van der Waals surface area contributed by atoms with Crippen molar-refractivity contribution in [2.45, 2.75) is 0 Å². The van der Waals surface area contributed by atoms with Crippen LogP contribution in [0, 0.1) is 0 Å². The average Bonchev–Trinajstić information content (AvgIpc) is 2.49. The van der Waals surface area contributed by atoms with Gasteiger partial charge in [-0.05, 0) is 19.2 Å². The van der Waals surface area contributed by atoms with Gasteiger partial charge in [0.05, 0.1) is 19.9 Å². The quantitative estimate of drug-likeness (QED) is 0.851. The van der Waals surface area contributed by atoms with Crippen LogP contribution < -0.4 is 14.8 Å². The molecule has 0 spiro atoms. The Morgan fingerprint density at radius 2 is 1.85 bits per heavy atom. The molecule has 5 heteroatoms. The predicted octanol–water partition coefficient (Wildman–Crippen LogP) is 1.36. The van der Waals surface area contributed by atoms with Gasteiger partial charge >= 0.3 is 0 Å². The summed E-state index contributed by atoms with van der Waals surface area (Å²) in [6.07, 6.45) is 0. The highest BCUT2D eigenvalue weighted by molar-refractivity contribution is 5.59. The fourth-order valence-corrected chi connectivity index (χ4v) is 2.37. The van der Waals surface area contributed by atoms with Crippen molar-refractivity contribution in [1.29, 1.82) is 0 Å². The van der Waals surface area contributed by atoms with Gasteiger partial charge in [0.15, 0.2) is 0 Å². The molecule has 1 aliphatic heterocycles. The molecule has 1 fully saturated rings. The molecule has 1 N–H and O–H groups in total. The zero-order chi connectivity index (χ0) is 14.4. The van der Waals surface area contributed by atoms with Gasteiger partial charge in [-0.15, -0.1) is 0 Å². The van der Waals surface area contributed by atoms with Crippen molar-refractivity contribution >= 4 is 5.69 Å². The monoisotopic (exact) mass is 279 g/mol. The fraction of sp³-hybridized carbons (Fsp3) is 0.600. The summed E-state index contributed by atoms with van der Waals surface area (Å²) in [5, 5.41) is 3.44. The van der Waals surface area contributed by atoms with Crippen LogP contribution in [-0.2, 0) is 0 Å². The van der Waals surface area contributed by atoms with Crippen LogP contribution in [0.25, 0.3) is 0 Å². The van der Waals surface area contributed by atoms with Crippen molar-refractivity contribution in [2.75, 3.05) is 65.9 Å². The van der Waals surface area contributed by atoms with Crippen molar-refractivity contribution in [3.8, 4) is 11.5 Å². The van der Waals surface area contributed by atoms with E-state index in [1.54, 1.807) is 14.2 Å². The zero-order valence-electron chi connectivity index (χ0n) is 12.7. The van der Waals surface area contributed by atoms with Gasteiger partial charge in [0.1, 0.15) is 11.5 Å². The van der Waals surface area contributed by atoms with E-state index in [9.17, 15) is 0 Å². The zero-order valence-corrected chi connectivity index (χ0v) is 12.7. The molecule has 1 aromatic rings. The van der Waals surface area contributed by atoms with E-state index in [-0.39, 0.29) is 0 Å². The van der Waals surface area contributed by atoms with Gasteiger partial charge in [-0.1, -0.05) is 0 Å². The molecule has 1 aliphatic rings. The summed E-state index contributed by atoms with van der Waals surface area (Å²) >= 11 is 0. The molecule has 0 saturated carbocycles. The van der Waals surface area contributed by atoms with Crippen molar-refractivity contribution in [2.24, 2.45) is 0 Å². The van der Waals surface area contributed by atoms with E-state index in [0.717, 1.165) is 56.5 Å². The van der Waals surface area contributed by atoms with Crippen molar-refractivity contribution < 1.29 is 9.47 Å². The molecule has 0 aliphatic carbocycles. The molecule has 1 heterocycles. The van der Waals surface area contributed by atoms with Gasteiger partial charge in [0.2, 0.25) is 0 Å². The first-order chi connectivity index (χ1) is 9.72. The van der Waals surface area contributed by atoms with Crippen LogP contribution in [0.5, 0.6) is 11.5 Å². The predicted molar refractivity (Wildman–Crippen MR) is 82.0 cm³/mol. The normalized spacial score (nSPS) is 16.9. The summed E-state index contributed by atoms with van der Waals surface area (Å²) in [7, 11) is 5.54. The second-order valence-corrected chi connectivity index (χ2v) is 5.14. The summed E-state index contributed by atoms with van der Waals surface area (Å²) in [5.41, 5.74) is 0.987. The van der Waals surface area contributed by atoms with Crippen LogP contribution in [0.3, 0.4) is 0 Å². The summed E-state index contributed by atoms with van der Waals surface area (Å²) in [6, 6.07) is 5.81. The van der Waals surface area contributed by atoms with Gasteiger partial charge < -0.3 is 19.7 Å². The van der Waals surface area contributed by atoms with E-state index in [0.29, 0.717) is 0 Å². The van der Waals surface area contributed by atoms with Crippen molar-refractivity contribution in [3.63, 3.8) is 0 Å². The summed E-state index contributed by atoms with van der Waals surface area (Å²) in [4.78, 5) is 4.86. The van der Waals surface area contributed by atoms with Gasteiger partial charge in [-0.2, -0.15) is 0 Å². The number of nitrogens with one attached hydrogen (secondary N) is 1. The molecular formula is C15H25N3O2. The van der Waals surface area contributed by atoms with Gasteiger partial charge in [-0.3, -0.25) is 4.90 Å². The van der Waals surface area contributed by atoms with Gasteiger partial charge in [0.25, 0.3) is 0 Å². The van der Waals surface area contributed by atoms with Crippen LogP contribution in [0.4, 0.5) is 5.69 Å². The number of hydrogen-bond donors (Lipinski definition) is 1. The maximum absolute atomic E-state index is 5.36. The molecule has 20 heavy (non-hydrogen) atoms. The summed E-state index contributed by atoms with van der Waals surface area (Å²) < 4.78 is 10.6. The van der Waals surface area contributed by atoms with Crippen LogP contribution >= 0.6 is 0 Å². The Kier molecular flexibility index (Phi) is 5.49. The maximum Gasteiger partial charge on any atom is 0.142 e. The number of methoxy groups -OCH3 is 2. The lowest BCUT2D eigenvalue weighted by Crippen LogP contribution is -2.45. The molecule has 0 atom stereocenters. The molecule has 0 unspecified atom stereocenters. The van der Waals surface area contributed by atoms with Crippen molar-refractivity contribution in [3.05, 3.63) is 18.2 Å². The molecule has 0 bridgehead atoms. The Hall–Kier alpha value is -1.46. The lowest BCUT2D eigenvalue weighted by atomic mass is 10.2. The first kappa shape index (κ1) is 14.9. The molecule has 112 valence electrons. The van der Waals surface area contributed by atoms with Gasteiger partial charge in [-0.25, -0.2) is 0 Å². The highest BCUT2D eigenvalue weighted by Gasteiger charge is 2.13. The number of likely N-dealkylation sites (N-methyl/N-ethyl adjacent to an activating group) is 1. The van der Waals surface area contributed by atoms with Crippen LogP contribution in [0.1, 0.15) is 0 Å². The third-order valence-corrected chi connectivity index (χ3v) is 3.75. The first-order valence-corrected chi connectivity index (χ1v) is 7.09. The Bertz CT molecular complexity index is 418. The van der Waals surface area contributed by atoms with Gasteiger partial charge in [0, 0.05) is 45.3 Å². The molecule has 1 aromatic carbocycles. The number of rotatable bonds is 6. The second-order valence-electron chi connectivity index (χ2n) is 5.14. The standard InChI is InChI=1S/C15H25N3O2/c1-17-8-10-18(11-9-17)7-6-16-14-12-13(19-2)4-5-15(14)20-3/h4-5,12,16H,6-11H2,1-3H3. The molecule has 0 amide bonds. The molecule has 0 aromatic heterocycles. The average molecular weight is 279 g/mol. The molecule has 2 rings (SSSR count). The van der Waals surface area contributed by atoms with E-state index in [1.165, 1.54) is 0 Å². The molecule has 5 nitrogen and oxygen atoms in total. The smallest absolute Gasteiger partial charge is 0.142 e. The minimum atomic E-state index is 0.841. The second kappa shape index (κ2) is 7.36. The van der Waals surface area contributed by atoms with Crippen LogP contribution in [0.15, 0.2) is 18.2 Å². The summed E-state index contributed by atoms with van der Waals surface area (Å²) in [5.74, 6) is 1.69. The Morgan fingerprint density at radius 3 is 2.50 bits per heavy atom. The number of piperazine rings is 1. The summed E-state index contributed by atoms with van der Waals surface area (Å²) in [6.45, 7) is 6.56. The molecule has 0 radical (unpaired) electrons. The minimum Gasteiger partial charge on any atom is -0.497 e. The number of hydrogen-bond acceptors (Lipinski definition) is 5. The van der Waals surface area contributed by atoms with Crippen molar-refractivity contribution in [1.82, 2.24) is 9.80 Å². The lowest BCUT2D eigenvalue weighted by molar-refractivity contribution is 0.158. The van der Waals surface area contributed by atoms with Crippen LogP contribution in [-0.4, -0.2) is 70.3 Å². The Labute approximate surface area is 121 Å². The van der Waals surface area contributed by atoms with E-state index in [2.05, 4.69) is 22.2 Å². The molecule has 1 saturated heterocycles. The largest absolute Gasteiger partial charge is 0.497 e. The SMILES string of the molecule is COc1ccc(OC)c(NCCN2CCN(C)CC2)c1. The maximum atomic E-state index is 5.36. The minimum absolute atomic E-state index is 0.841. The van der Waals surface area contributed by atoms with E-state index >= 15 is 0 Å². The first-order valence-electron chi connectivity index (χ1n) is 7.09. The third kappa shape index (κ3) is 4.02. The number of ether oxygens (including phenoxy) is 2. The molecular weight excluding hydrogens is 254 g/mol. The topological polar surface area (TPSA) is 37.0 Å². The highest BCUT2D eigenvalue weighted by atomic mass is 16.5. The number of benzene rings is 1. The van der Waals surface area contributed by atoms with E-state index in [4.69, 9.17) is 9.47 Å². The number of nitrogens with zero attached hydrogens (tertiary/aromatic N) is 2. The number of anilines is 1.